The van der Waals surface area contributed by atoms with Gasteiger partial charge < -0.3 is 35.0 Å². The summed E-state index contributed by atoms with van der Waals surface area (Å²) in [5, 5.41) is 52.1. The SMILES string of the molecule is C=C1/C=C(\C)[C@@H](C)C[C@H](O)C[C@@H](O)[C@H](O)[C@@H](O)[C@H](C)C[C@H](CO)OC(=O)/C(C)=C/CC/C=C/[C@@H]2O[C@H]2CC(C)C1. The van der Waals surface area contributed by atoms with Crippen molar-refractivity contribution >= 4 is 5.97 Å². The Morgan fingerprint density at radius 3 is 2.35 bits per heavy atom. The predicted octanol–water partition coefficient (Wildman–Crippen LogP) is 3.76. The van der Waals surface area contributed by atoms with Gasteiger partial charge in [0.15, 0.2) is 0 Å². The number of cyclic esters (lactones) is 1. The molecule has 8 heteroatoms. The van der Waals surface area contributed by atoms with Crippen LogP contribution < -0.4 is 0 Å². The molecule has 0 amide bonds. The van der Waals surface area contributed by atoms with Crippen LogP contribution in [0, 0.1) is 17.8 Å². The minimum absolute atomic E-state index is 0.0348. The lowest BCUT2D eigenvalue weighted by Crippen LogP contribution is -2.43. The monoisotopic (exact) mass is 564 g/mol. The van der Waals surface area contributed by atoms with E-state index < -0.39 is 49.0 Å². The minimum atomic E-state index is -1.50. The molecule has 2 aliphatic heterocycles. The molecule has 2 heterocycles. The van der Waals surface area contributed by atoms with E-state index in [1.165, 1.54) is 0 Å². The maximum absolute atomic E-state index is 12.5. The van der Waals surface area contributed by atoms with E-state index in [2.05, 4.69) is 31.7 Å². The van der Waals surface area contributed by atoms with Crippen molar-refractivity contribution in [2.24, 2.45) is 17.8 Å². The molecule has 40 heavy (non-hydrogen) atoms. The first-order valence-corrected chi connectivity index (χ1v) is 14.7. The highest BCUT2D eigenvalue weighted by atomic mass is 16.6. The van der Waals surface area contributed by atoms with Crippen molar-refractivity contribution < 1.29 is 39.8 Å². The fraction of sp³-hybridized carbons (Fsp3) is 0.719. The Kier molecular flexibility index (Phi) is 14.3. The van der Waals surface area contributed by atoms with E-state index in [0.717, 1.165) is 30.4 Å². The molecule has 0 aromatic heterocycles. The normalized spacial score (nSPS) is 42.0. The van der Waals surface area contributed by atoms with Crippen LogP contribution in [0.1, 0.15) is 79.6 Å². The molecule has 228 valence electrons. The number of aliphatic hydroxyl groups is 5. The molecule has 5 N–H and O–H groups in total. The van der Waals surface area contributed by atoms with Crippen LogP contribution in [0.25, 0.3) is 0 Å². The molecule has 0 aromatic rings. The van der Waals surface area contributed by atoms with Gasteiger partial charge in [0, 0.05) is 12.0 Å². The maximum atomic E-state index is 12.5. The lowest BCUT2D eigenvalue weighted by atomic mass is 9.87. The maximum Gasteiger partial charge on any atom is 0.333 e. The van der Waals surface area contributed by atoms with E-state index in [4.69, 9.17) is 9.47 Å². The second kappa shape index (κ2) is 16.6. The fourth-order valence-corrected chi connectivity index (χ4v) is 5.31. The molecule has 0 saturated carbocycles. The fourth-order valence-electron chi connectivity index (χ4n) is 5.31. The van der Waals surface area contributed by atoms with Crippen LogP contribution >= 0.6 is 0 Å². The van der Waals surface area contributed by atoms with Crippen molar-refractivity contribution in [1.29, 1.82) is 0 Å². The summed E-state index contributed by atoms with van der Waals surface area (Å²) >= 11 is 0. The van der Waals surface area contributed by atoms with Gasteiger partial charge in [0.1, 0.15) is 18.3 Å². The van der Waals surface area contributed by atoms with Gasteiger partial charge in [0.05, 0.1) is 31.0 Å². The highest BCUT2D eigenvalue weighted by molar-refractivity contribution is 5.87. The summed E-state index contributed by atoms with van der Waals surface area (Å²) in [6, 6.07) is 0. The zero-order valence-electron chi connectivity index (χ0n) is 24.9. The number of epoxide rings is 1. The number of carbonyl (C=O) groups excluding carboxylic acids is 1. The van der Waals surface area contributed by atoms with Gasteiger partial charge in [-0.05, 0) is 70.1 Å². The number of carbonyl (C=O) groups is 1. The number of ether oxygens (including phenoxy) is 2. The Bertz CT molecular complexity index is 909. The predicted molar refractivity (Wildman–Crippen MR) is 155 cm³/mol. The van der Waals surface area contributed by atoms with Crippen molar-refractivity contribution in [1.82, 2.24) is 0 Å². The van der Waals surface area contributed by atoms with Crippen LogP contribution in [0.5, 0.6) is 0 Å². The quantitative estimate of drug-likeness (QED) is 0.184. The zero-order chi connectivity index (χ0) is 30.0. The molecular formula is C32H52O8. The second-order valence-corrected chi connectivity index (χ2v) is 12.1. The van der Waals surface area contributed by atoms with E-state index in [9.17, 15) is 30.3 Å². The van der Waals surface area contributed by atoms with Crippen molar-refractivity contribution in [2.75, 3.05) is 6.61 Å². The average Bonchev–Trinajstić information content (AvgIpc) is 3.62. The number of hydrogen-bond acceptors (Lipinski definition) is 8. The first-order chi connectivity index (χ1) is 18.8. The van der Waals surface area contributed by atoms with Crippen LogP contribution in [0.4, 0.5) is 0 Å². The molecule has 0 radical (unpaired) electrons. The van der Waals surface area contributed by atoms with Crippen LogP contribution in [0.15, 0.2) is 47.6 Å². The Labute approximate surface area is 240 Å². The van der Waals surface area contributed by atoms with Gasteiger partial charge in [-0.25, -0.2) is 4.79 Å². The van der Waals surface area contributed by atoms with Gasteiger partial charge in [-0.1, -0.05) is 62.8 Å². The van der Waals surface area contributed by atoms with Gasteiger partial charge >= 0.3 is 5.97 Å². The molecule has 0 spiro atoms. The molecule has 0 aromatic carbocycles. The van der Waals surface area contributed by atoms with E-state index in [0.29, 0.717) is 24.3 Å². The molecule has 1 unspecified atom stereocenters. The lowest BCUT2D eigenvalue weighted by Gasteiger charge is -2.30. The third-order valence-electron chi connectivity index (χ3n) is 8.09. The van der Waals surface area contributed by atoms with E-state index in [1.54, 1.807) is 19.9 Å². The van der Waals surface area contributed by atoms with E-state index in [1.807, 2.05) is 13.8 Å². The van der Waals surface area contributed by atoms with Gasteiger partial charge in [0.25, 0.3) is 0 Å². The number of esters is 1. The largest absolute Gasteiger partial charge is 0.457 e. The van der Waals surface area contributed by atoms with Gasteiger partial charge in [-0.15, -0.1) is 0 Å². The van der Waals surface area contributed by atoms with Crippen LogP contribution in [-0.4, -0.2) is 80.8 Å². The molecule has 8 nitrogen and oxygen atoms in total. The van der Waals surface area contributed by atoms with Crippen molar-refractivity contribution in [3.05, 3.63) is 47.6 Å². The minimum Gasteiger partial charge on any atom is -0.457 e. The average molecular weight is 565 g/mol. The highest BCUT2D eigenvalue weighted by Crippen LogP contribution is 2.32. The molecule has 0 aliphatic carbocycles. The summed E-state index contributed by atoms with van der Waals surface area (Å²) in [7, 11) is 0. The van der Waals surface area contributed by atoms with Gasteiger partial charge in [0.2, 0.25) is 0 Å². The summed E-state index contributed by atoms with van der Waals surface area (Å²) in [6.07, 6.45) is 6.00. The molecule has 10 atom stereocenters. The van der Waals surface area contributed by atoms with Crippen molar-refractivity contribution in [3.8, 4) is 0 Å². The smallest absolute Gasteiger partial charge is 0.333 e. The van der Waals surface area contributed by atoms with Crippen molar-refractivity contribution in [2.45, 2.75) is 122 Å². The molecule has 0 bridgehead atoms. The molecular weight excluding hydrogens is 512 g/mol. The van der Waals surface area contributed by atoms with Crippen LogP contribution in [0.3, 0.4) is 0 Å². The third-order valence-corrected chi connectivity index (χ3v) is 8.09. The van der Waals surface area contributed by atoms with Crippen LogP contribution in [0.2, 0.25) is 0 Å². The van der Waals surface area contributed by atoms with Crippen LogP contribution in [-0.2, 0) is 14.3 Å². The highest BCUT2D eigenvalue weighted by Gasteiger charge is 2.37. The van der Waals surface area contributed by atoms with E-state index >= 15 is 0 Å². The number of fused-ring (bicyclic) bond motifs is 1. The summed E-state index contributed by atoms with van der Waals surface area (Å²) in [4.78, 5) is 12.5. The number of aliphatic hydroxyl groups excluding tert-OH is 5. The molecule has 2 rings (SSSR count). The van der Waals surface area contributed by atoms with Gasteiger partial charge in [-0.3, -0.25) is 0 Å². The Hall–Kier alpha value is -1.81. The first-order valence-electron chi connectivity index (χ1n) is 14.7. The topological polar surface area (TPSA) is 140 Å². The van der Waals surface area contributed by atoms with Crippen molar-refractivity contribution in [3.63, 3.8) is 0 Å². The summed E-state index contributed by atoms with van der Waals surface area (Å²) in [5.74, 6) is -0.697. The first kappa shape index (κ1) is 34.4. The molecule has 2 aliphatic rings. The summed E-state index contributed by atoms with van der Waals surface area (Å²) < 4.78 is 11.2. The third kappa shape index (κ3) is 11.6. The summed E-state index contributed by atoms with van der Waals surface area (Å²) in [6.45, 7) is 13.3. The zero-order valence-corrected chi connectivity index (χ0v) is 24.9. The standard InChI is InChI=1S/C32H52O8/c1-19-12-20(2)14-29-28(40-29)11-9-7-8-10-21(3)32(38)39-26(18-33)16-24(6)30(36)31(37)27(35)17-25(34)15-23(5)22(4)13-19/h9-11,13,20,23-31,33-37H,1,7-8,12,14-18H2,2-6H3/b11-9+,21-10+,22-13+/t20?,23-,24+,25-,26+,27+,28-,29-,30-,31-/m0/s1. The Morgan fingerprint density at radius 1 is 0.975 bits per heavy atom. The molecule has 1 fully saturated rings. The van der Waals surface area contributed by atoms with E-state index in [-0.39, 0.29) is 31.0 Å². The molecule has 1 saturated heterocycles. The van der Waals surface area contributed by atoms with Gasteiger partial charge in [-0.2, -0.15) is 0 Å². The Morgan fingerprint density at radius 2 is 1.68 bits per heavy atom. The second-order valence-electron chi connectivity index (χ2n) is 12.1. The lowest BCUT2D eigenvalue weighted by molar-refractivity contribution is -0.149. The number of allylic oxidation sites excluding steroid dienone is 5. The number of rotatable bonds is 1. The number of hydrogen-bond donors (Lipinski definition) is 5. The summed E-state index contributed by atoms with van der Waals surface area (Å²) in [5.41, 5.74) is 2.53. The Balaban J connectivity index is 2.13.